The Morgan fingerprint density at radius 3 is 1.79 bits per heavy atom. The van der Waals surface area contributed by atoms with E-state index in [0.717, 1.165) is 23.5 Å². The lowest BCUT2D eigenvalue weighted by atomic mass is 9.93. The highest BCUT2D eigenvalue weighted by atomic mass is 31.2. The fourth-order valence-corrected chi connectivity index (χ4v) is 6.58. The number of aryl methyl sites for hydroxylation is 1. The summed E-state index contributed by atoms with van der Waals surface area (Å²) in [7, 11) is -2.69. The van der Waals surface area contributed by atoms with Crippen molar-refractivity contribution in [3.8, 4) is 0 Å². The fraction of sp³-hybridized carbons (Fsp3) is 0.154. The van der Waals surface area contributed by atoms with Gasteiger partial charge in [-0.1, -0.05) is 108 Å². The molecular weight excluding hydrogens is 359 g/mol. The van der Waals surface area contributed by atoms with Crippen molar-refractivity contribution in [1.29, 1.82) is 0 Å². The third-order valence-electron chi connectivity index (χ3n) is 5.43. The molecular formula is C26H25OP. The maximum atomic E-state index is 14.2. The van der Waals surface area contributed by atoms with Crippen LogP contribution < -0.4 is 10.6 Å². The molecule has 1 aliphatic carbocycles. The van der Waals surface area contributed by atoms with Gasteiger partial charge in [0, 0.05) is 16.8 Å². The molecule has 2 heteroatoms. The first-order valence-electron chi connectivity index (χ1n) is 9.81. The smallest absolute Gasteiger partial charge is 0.147 e. The molecule has 140 valence electrons. The van der Waals surface area contributed by atoms with E-state index in [2.05, 4.69) is 43.3 Å². The van der Waals surface area contributed by atoms with Crippen LogP contribution >= 0.6 is 7.14 Å². The molecule has 0 spiro atoms. The first-order chi connectivity index (χ1) is 13.6. The van der Waals surface area contributed by atoms with Gasteiger partial charge in [0.05, 0.1) is 0 Å². The summed E-state index contributed by atoms with van der Waals surface area (Å²) in [6.45, 7) is 2.11. The van der Waals surface area contributed by atoms with Crippen molar-refractivity contribution >= 4 is 23.3 Å². The van der Waals surface area contributed by atoms with Crippen LogP contribution in [0.5, 0.6) is 0 Å². The summed E-state index contributed by atoms with van der Waals surface area (Å²) in [6.07, 6.45) is 6.97. The number of rotatable bonds is 5. The Balaban J connectivity index is 1.65. The van der Waals surface area contributed by atoms with Crippen LogP contribution in [0.15, 0.2) is 103 Å². The molecule has 0 unspecified atom stereocenters. The highest BCUT2D eigenvalue weighted by molar-refractivity contribution is 7.78. The Kier molecular flexibility index (Phi) is 5.46. The van der Waals surface area contributed by atoms with Crippen LogP contribution in [0, 0.1) is 6.92 Å². The summed E-state index contributed by atoms with van der Waals surface area (Å²) in [4.78, 5) is 0. The van der Waals surface area contributed by atoms with Gasteiger partial charge in [-0.3, -0.25) is 0 Å². The summed E-state index contributed by atoms with van der Waals surface area (Å²) in [6, 6.07) is 28.6. The molecule has 0 aliphatic heterocycles. The predicted octanol–water partition coefficient (Wildman–Crippen LogP) is 6.11. The van der Waals surface area contributed by atoms with Gasteiger partial charge < -0.3 is 4.57 Å². The van der Waals surface area contributed by atoms with Crippen molar-refractivity contribution in [2.45, 2.75) is 19.8 Å². The van der Waals surface area contributed by atoms with Gasteiger partial charge in [0.2, 0.25) is 0 Å². The zero-order valence-corrected chi connectivity index (χ0v) is 17.1. The van der Waals surface area contributed by atoms with Gasteiger partial charge in [0.1, 0.15) is 7.14 Å². The van der Waals surface area contributed by atoms with Gasteiger partial charge in [0.15, 0.2) is 0 Å². The Bertz CT molecular complexity index is 1000. The van der Waals surface area contributed by atoms with E-state index in [9.17, 15) is 4.57 Å². The molecule has 0 saturated heterocycles. The average Bonchev–Trinajstić information content (AvgIpc) is 2.76. The molecule has 28 heavy (non-hydrogen) atoms. The second-order valence-electron chi connectivity index (χ2n) is 7.45. The van der Waals surface area contributed by atoms with Gasteiger partial charge >= 0.3 is 0 Å². The summed E-state index contributed by atoms with van der Waals surface area (Å²) >= 11 is 0. The largest absolute Gasteiger partial charge is 0.313 e. The van der Waals surface area contributed by atoms with Gasteiger partial charge in [-0.05, 0) is 30.9 Å². The van der Waals surface area contributed by atoms with Crippen LogP contribution in [0.4, 0.5) is 0 Å². The number of allylic oxidation sites excluding steroid dienone is 4. The molecule has 0 radical (unpaired) electrons. The molecule has 4 rings (SSSR count). The lowest BCUT2D eigenvalue weighted by Crippen LogP contribution is -2.19. The minimum Gasteiger partial charge on any atom is -0.313 e. The molecule has 0 bridgehead atoms. The van der Waals surface area contributed by atoms with E-state index < -0.39 is 7.14 Å². The third kappa shape index (κ3) is 3.96. The Morgan fingerprint density at radius 2 is 1.29 bits per heavy atom. The number of hydrogen-bond acceptors (Lipinski definition) is 1. The minimum atomic E-state index is -2.69. The fourth-order valence-electron chi connectivity index (χ4n) is 3.78. The van der Waals surface area contributed by atoms with Gasteiger partial charge in [-0.25, -0.2) is 0 Å². The Hall–Kier alpha value is -2.63. The molecule has 0 fully saturated rings. The second-order valence-corrected chi connectivity index (χ2v) is 10.3. The summed E-state index contributed by atoms with van der Waals surface area (Å²) < 4.78 is 14.2. The maximum Gasteiger partial charge on any atom is 0.147 e. The molecule has 3 aromatic rings. The topological polar surface area (TPSA) is 17.1 Å². The van der Waals surface area contributed by atoms with E-state index in [1.54, 1.807) is 0 Å². The van der Waals surface area contributed by atoms with E-state index in [1.165, 1.54) is 22.3 Å². The van der Waals surface area contributed by atoms with E-state index in [-0.39, 0.29) is 0 Å². The van der Waals surface area contributed by atoms with E-state index in [0.29, 0.717) is 6.16 Å². The number of hydrogen-bond donors (Lipinski definition) is 0. The lowest BCUT2D eigenvalue weighted by molar-refractivity contribution is 0.588. The lowest BCUT2D eigenvalue weighted by Gasteiger charge is -2.23. The second kappa shape index (κ2) is 8.17. The van der Waals surface area contributed by atoms with E-state index in [4.69, 9.17) is 0 Å². The molecule has 1 aliphatic rings. The van der Waals surface area contributed by atoms with Crippen molar-refractivity contribution < 1.29 is 4.57 Å². The molecule has 3 aromatic carbocycles. The summed E-state index contributed by atoms with van der Waals surface area (Å²) in [5.41, 5.74) is 5.20. The normalized spacial score (nSPS) is 14.3. The summed E-state index contributed by atoms with van der Waals surface area (Å²) in [5.74, 6) is 0. The minimum absolute atomic E-state index is 0.610. The Labute approximate surface area is 167 Å². The van der Waals surface area contributed by atoms with Crippen molar-refractivity contribution in [3.63, 3.8) is 0 Å². The zero-order chi connectivity index (χ0) is 19.4. The zero-order valence-electron chi connectivity index (χ0n) is 16.2. The van der Waals surface area contributed by atoms with Crippen LogP contribution in [-0.4, -0.2) is 6.16 Å². The molecule has 0 N–H and O–H groups in total. The highest BCUT2D eigenvalue weighted by Gasteiger charge is 2.28. The Morgan fingerprint density at radius 1 is 0.714 bits per heavy atom. The van der Waals surface area contributed by atoms with Crippen molar-refractivity contribution in [2.75, 3.05) is 6.16 Å². The quantitative estimate of drug-likeness (QED) is 0.485. The highest BCUT2D eigenvalue weighted by Crippen LogP contribution is 2.46. The van der Waals surface area contributed by atoms with Crippen LogP contribution in [-0.2, 0) is 4.57 Å². The van der Waals surface area contributed by atoms with Crippen LogP contribution in [0.25, 0.3) is 5.57 Å². The van der Waals surface area contributed by atoms with Gasteiger partial charge in [-0.2, -0.15) is 0 Å². The SMILES string of the molecule is Cc1ccc(C2=CC=C(CP(=O)(c3ccccc3)c3ccccc3)CC2)cc1. The predicted molar refractivity (Wildman–Crippen MR) is 121 cm³/mol. The number of benzene rings is 3. The molecule has 1 nitrogen and oxygen atoms in total. The van der Waals surface area contributed by atoms with E-state index >= 15 is 0 Å². The van der Waals surface area contributed by atoms with Crippen molar-refractivity contribution in [1.82, 2.24) is 0 Å². The van der Waals surface area contributed by atoms with Crippen LogP contribution in [0.1, 0.15) is 24.0 Å². The molecule has 0 atom stereocenters. The molecule has 0 amide bonds. The third-order valence-corrected chi connectivity index (χ3v) is 8.55. The van der Waals surface area contributed by atoms with Crippen molar-refractivity contribution in [2.24, 2.45) is 0 Å². The van der Waals surface area contributed by atoms with Gasteiger partial charge in [-0.15, -0.1) is 0 Å². The van der Waals surface area contributed by atoms with Crippen LogP contribution in [0.2, 0.25) is 0 Å². The van der Waals surface area contributed by atoms with E-state index in [1.807, 2.05) is 60.7 Å². The maximum absolute atomic E-state index is 14.2. The first kappa shape index (κ1) is 18.7. The van der Waals surface area contributed by atoms with Gasteiger partial charge in [0.25, 0.3) is 0 Å². The average molecular weight is 384 g/mol. The molecule has 0 saturated carbocycles. The van der Waals surface area contributed by atoms with Crippen molar-refractivity contribution in [3.05, 3.63) is 114 Å². The molecule has 0 heterocycles. The van der Waals surface area contributed by atoms with Crippen LogP contribution in [0.3, 0.4) is 0 Å². The summed E-state index contributed by atoms with van der Waals surface area (Å²) in [5, 5.41) is 1.88. The first-order valence-corrected chi connectivity index (χ1v) is 11.7. The molecule has 0 aromatic heterocycles. The standard InChI is InChI=1S/C26H25OP/c1-21-12-16-23(17-13-21)24-18-14-22(15-19-24)20-28(27,25-8-4-2-5-9-25)26-10-6-3-7-11-26/h2-14,16-18H,15,19-20H2,1H3. The monoisotopic (exact) mass is 384 g/mol.